The zero-order chi connectivity index (χ0) is 49.2. The molecule has 0 aromatic carbocycles. The summed E-state index contributed by atoms with van der Waals surface area (Å²) < 4.78 is 22.7. The summed E-state index contributed by atoms with van der Waals surface area (Å²) in [6.07, 6.45) is 54.1. The third-order valence-electron chi connectivity index (χ3n) is 13.0. The highest BCUT2D eigenvalue weighted by Gasteiger charge is 2.22. The van der Waals surface area contributed by atoms with Crippen LogP contribution in [0.4, 0.5) is 0 Å². The Morgan fingerprint density at radius 2 is 0.761 bits per heavy atom. The van der Waals surface area contributed by atoms with Crippen molar-refractivity contribution in [2.24, 2.45) is 0 Å². The average molecular weight is 951 g/mol. The largest absolute Gasteiger partial charge is 0.545 e. The fourth-order valence-corrected chi connectivity index (χ4v) is 8.53. The van der Waals surface area contributed by atoms with Crippen LogP contribution in [-0.2, 0) is 33.3 Å². The van der Waals surface area contributed by atoms with Crippen molar-refractivity contribution < 1.29 is 42.9 Å². The molecule has 0 rings (SSSR count). The average Bonchev–Trinajstić information content (AvgIpc) is 3.29. The number of quaternary nitrogens is 1. The fourth-order valence-electron chi connectivity index (χ4n) is 8.53. The number of unbranched alkanes of at least 4 members (excludes halogenated alkanes) is 37. The molecule has 9 nitrogen and oxygen atoms in total. The van der Waals surface area contributed by atoms with E-state index in [-0.39, 0.29) is 32.2 Å². The minimum atomic E-state index is -1.61. The van der Waals surface area contributed by atoms with Crippen molar-refractivity contribution >= 4 is 17.9 Å². The second-order valence-corrected chi connectivity index (χ2v) is 20.9. The number of carboxylic acids is 1. The van der Waals surface area contributed by atoms with Crippen LogP contribution < -0.4 is 5.11 Å². The molecule has 0 saturated heterocycles. The lowest BCUT2D eigenvalue weighted by Crippen LogP contribution is -2.44. The molecular weight excluding hydrogens is 839 g/mol. The molecule has 0 aliphatic carbocycles. The number of rotatable bonds is 54. The molecule has 0 heterocycles. The van der Waals surface area contributed by atoms with Gasteiger partial charge in [0.15, 0.2) is 12.4 Å². The Kier molecular flexibility index (Phi) is 48.9. The number of hydrogen-bond donors (Lipinski definition) is 0. The molecule has 2 atom stereocenters. The number of allylic oxidation sites excluding steroid dienone is 2. The van der Waals surface area contributed by atoms with Crippen LogP contribution in [0.2, 0.25) is 0 Å². The fraction of sp³-hybridized carbons (Fsp3) is 0.914. The third kappa shape index (κ3) is 51.7. The van der Waals surface area contributed by atoms with Crippen LogP contribution in [0.3, 0.4) is 0 Å². The molecule has 0 aromatic rings. The van der Waals surface area contributed by atoms with Crippen LogP contribution in [-0.4, -0.2) is 82.3 Å². The molecule has 0 amide bonds. The molecule has 0 spiro atoms. The first-order valence-electron chi connectivity index (χ1n) is 28.8. The quantitative estimate of drug-likeness (QED) is 0.0195. The number of carbonyl (C=O) groups excluding carboxylic acids is 3. The first-order chi connectivity index (χ1) is 32.6. The van der Waals surface area contributed by atoms with E-state index >= 15 is 0 Å². The van der Waals surface area contributed by atoms with Gasteiger partial charge in [-0.25, -0.2) is 0 Å². The first-order valence-corrected chi connectivity index (χ1v) is 28.8. The molecule has 0 aromatic heterocycles. The zero-order valence-corrected chi connectivity index (χ0v) is 45.0. The number of ether oxygens (including phenoxy) is 4. The van der Waals surface area contributed by atoms with Gasteiger partial charge in [0.25, 0.3) is 0 Å². The van der Waals surface area contributed by atoms with E-state index in [1.54, 1.807) is 0 Å². The predicted molar refractivity (Wildman–Crippen MR) is 279 cm³/mol. The van der Waals surface area contributed by atoms with Crippen molar-refractivity contribution in [1.29, 1.82) is 0 Å². The molecule has 396 valence electrons. The van der Waals surface area contributed by atoms with Gasteiger partial charge in [0.1, 0.15) is 13.2 Å². The van der Waals surface area contributed by atoms with Crippen molar-refractivity contribution in [2.45, 2.75) is 296 Å². The highest BCUT2D eigenvalue weighted by atomic mass is 16.7. The van der Waals surface area contributed by atoms with Gasteiger partial charge < -0.3 is 33.3 Å². The summed E-state index contributed by atoms with van der Waals surface area (Å²) in [6.45, 7) is 4.79. The molecule has 0 aliphatic rings. The predicted octanol–water partition coefficient (Wildman–Crippen LogP) is 15.2. The van der Waals surface area contributed by atoms with Crippen LogP contribution in [0.5, 0.6) is 0 Å². The first kappa shape index (κ1) is 65.0. The topological polar surface area (TPSA) is 111 Å². The maximum atomic E-state index is 12.8. The number of esters is 2. The summed E-state index contributed by atoms with van der Waals surface area (Å²) in [5.74, 6) is -2.26. The van der Waals surface area contributed by atoms with Crippen molar-refractivity contribution in [1.82, 2.24) is 0 Å². The molecule has 0 fully saturated rings. The third-order valence-corrected chi connectivity index (χ3v) is 13.0. The lowest BCUT2D eigenvalue weighted by atomic mass is 10.0. The Morgan fingerprint density at radius 1 is 0.433 bits per heavy atom. The number of carbonyl (C=O) groups is 3. The Bertz CT molecular complexity index is 1110. The Balaban J connectivity index is 4.10. The number of hydrogen-bond acceptors (Lipinski definition) is 8. The molecule has 0 bridgehead atoms. The standard InChI is InChI=1S/C58H111NO8/c1-6-8-10-12-14-16-18-20-21-22-23-24-25-26-27-28-29-30-31-32-33-34-35-37-39-41-43-45-47-49-56(61)67-54(53-66-58(57(62)63)64-51-50-59(3,4)5)52-65-55(60)48-46-44-42-40-38-36-19-17-15-13-11-9-7-2/h22-23,54,58H,6-21,24-53H2,1-5H3/b23-22-. The number of carboxylic acid groups (broad SMARTS) is 1. The van der Waals surface area contributed by atoms with E-state index in [0.717, 1.165) is 38.5 Å². The molecule has 2 unspecified atom stereocenters. The summed E-state index contributed by atoms with van der Waals surface area (Å²) in [7, 11) is 5.93. The normalized spacial score (nSPS) is 12.8. The molecule has 0 radical (unpaired) electrons. The monoisotopic (exact) mass is 950 g/mol. The summed E-state index contributed by atoms with van der Waals surface area (Å²) in [5.41, 5.74) is 0. The highest BCUT2D eigenvalue weighted by Crippen LogP contribution is 2.17. The molecule has 0 aliphatic heterocycles. The summed E-state index contributed by atoms with van der Waals surface area (Å²) in [6, 6.07) is 0. The number of aliphatic carboxylic acids is 1. The van der Waals surface area contributed by atoms with Crippen molar-refractivity contribution in [3.63, 3.8) is 0 Å². The molecule has 67 heavy (non-hydrogen) atoms. The van der Waals surface area contributed by atoms with E-state index in [1.807, 2.05) is 21.1 Å². The Morgan fingerprint density at radius 3 is 1.10 bits per heavy atom. The van der Waals surface area contributed by atoms with E-state index in [0.29, 0.717) is 17.4 Å². The summed E-state index contributed by atoms with van der Waals surface area (Å²) >= 11 is 0. The van der Waals surface area contributed by atoms with Gasteiger partial charge in [-0.05, 0) is 38.5 Å². The van der Waals surface area contributed by atoms with Crippen LogP contribution >= 0.6 is 0 Å². The van der Waals surface area contributed by atoms with E-state index in [1.165, 1.54) is 218 Å². The molecule has 9 heteroatoms. The van der Waals surface area contributed by atoms with Crippen LogP contribution in [0.25, 0.3) is 0 Å². The van der Waals surface area contributed by atoms with Crippen molar-refractivity contribution in [2.75, 3.05) is 47.5 Å². The highest BCUT2D eigenvalue weighted by molar-refractivity contribution is 5.70. The second-order valence-electron chi connectivity index (χ2n) is 20.9. The van der Waals surface area contributed by atoms with Crippen molar-refractivity contribution in [3.8, 4) is 0 Å². The van der Waals surface area contributed by atoms with Gasteiger partial charge >= 0.3 is 11.9 Å². The summed E-state index contributed by atoms with van der Waals surface area (Å²) in [5, 5.41) is 11.7. The van der Waals surface area contributed by atoms with E-state index < -0.39 is 24.3 Å². The minimum absolute atomic E-state index is 0.152. The van der Waals surface area contributed by atoms with Gasteiger partial charge in [-0.15, -0.1) is 0 Å². The van der Waals surface area contributed by atoms with Gasteiger partial charge in [0, 0.05) is 12.8 Å². The lowest BCUT2D eigenvalue weighted by molar-refractivity contribution is -0.870. The van der Waals surface area contributed by atoms with Gasteiger partial charge in [-0.3, -0.25) is 9.59 Å². The van der Waals surface area contributed by atoms with Gasteiger partial charge in [-0.2, -0.15) is 0 Å². The van der Waals surface area contributed by atoms with Gasteiger partial charge in [0.2, 0.25) is 0 Å². The lowest BCUT2D eigenvalue weighted by Gasteiger charge is -2.26. The maximum Gasteiger partial charge on any atom is 0.306 e. The zero-order valence-electron chi connectivity index (χ0n) is 45.0. The SMILES string of the molecule is CCCCCCCCCC/C=C\CCCCCCCCCCCCCCCCCCCC(=O)OC(COC(=O)CCCCCCCCCCCCCCC)COC(OCC[N+](C)(C)C)C(=O)[O-]. The van der Waals surface area contributed by atoms with Crippen molar-refractivity contribution in [3.05, 3.63) is 12.2 Å². The number of nitrogens with zero attached hydrogens (tertiary/aromatic N) is 1. The second kappa shape index (κ2) is 50.4. The van der Waals surface area contributed by atoms with E-state index in [9.17, 15) is 19.5 Å². The van der Waals surface area contributed by atoms with Crippen LogP contribution in [0.15, 0.2) is 12.2 Å². The summed E-state index contributed by atoms with van der Waals surface area (Å²) in [4.78, 5) is 37.2. The van der Waals surface area contributed by atoms with E-state index in [2.05, 4.69) is 26.0 Å². The number of likely N-dealkylation sites (N-methyl/N-ethyl adjacent to an activating group) is 1. The Labute approximate surface area is 415 Å². The van der Waals surface area contributed by atoms with Crippen LogP contribution in [0.1, 0.15) is 284 Å². The van der Waals surface area contributed by atoms with Gasteiger partial charge in [-0.1, -0.05) is 244 Å². The van der Waals surface area contributed by atoms with E-state index in [4.69, 9.17) is 18.9 Å². The molecular formula is C58H111NO8. The Hall–Kier alpha value is -1.97. The maximum absolute atomic E-state index is 12.8. The minimum Gasteiger partial charge on any atom is -0.545 e. The molecule has 0 saturated carbocycles. The van der Waals surface area contributed by atoms with Gasteiger partial charge in [0.05, 0.1) is 40.3 Å². The van der Waals surface area contributed by atoms with Crippen LogP contribution in [0, 0.1) is 0 Å². The molecule has 0 N–H and O–H groups in total. The smallest absolute Gasteiger partial charge is 0.306 e.